The molecule has 3 N–H and O–H groups in total. The Morgan fingerprint density at radius 2 is 1.86 bits per heavy atom. The van der Waals surface area contributed by atoms with Gasteiger partial charge in [0.1, 0.15) is 11.9 Å². The monoisotopic (exact) mass is 379 g/mol. The van der Waals surface area contributed by atoms with Crippen molar-refractivity contribution in [1.82, 2.24) is 4.90 Å². The van der Waals surface area contributed by atoms with E-state index in [0.717, 1.165) is 24.2 Å². The molecule has 4 rings (SSSR count). The lowest BCUT2D eigenvalue weighted by atomic mass is 9.81. The molecule has 1 aliphatic carbocycles. The van der Waals surface area contributed by atoms with Crippen LogP contribution in [0, 0.1) is 0 Å². The molecule has 1 saturated carbocycles. The SMILES string of the molecule is CN(CC1CC(c2ccc(N)c(O)c2)=NO1)C1CCC(c2ccccc2)CC1. The highest BCUT2D eigenvalue weighted by Crippen LogP contribution is 2.34. The molecule has 2 aliphatic rings. The van der Waals surface area contributed by atoms with Gasteiger partial charge in [-0.05, 0) is 56.3 Å². The molecule has 148 valence electrons. The van der Waals surface area contributed by atoms with Crippen molar-refractivity contribution in [2.45, 2.75) is 50.2 Å². The zero-order valence-corrected chi connectivity index (χ0v) is 16.4. The van der Waals surface area contributed by atoms with E-state index in [9.17, 15) is 5.11 Å². The first-order valence-electron chi connectivity index (χ1n) is 10.2. The molecule has 1 atom stereocenters. The van der Waals surface area contributed by atoms with Crippen molar-refractivity contribution in [3.63, 3.8) is 0 Å². The number of anilines is 1. The number of hydrogen-bond donors (Lipinski definition) is 2. The molecule has 1 unspecified atom stereocenters. The molecule has 5 heteroatoms. The third kappa shape index (κ3) is 4.14. The Kier molecular flexibility index (Phi) is 5.53. The van der Waals surface area contributed by atoms with Gasteiger partial charge in [-0.25, -0.2) is 0 Å². The van der Waals surface area contributed by atoms with Crippen molar-refractivity contribution >= 4 is 11.4 Å². The van der Waals surface area contributed by atoms with Crippen molar-refractivity contribution in [3.05, 3.63) is 59.7 Å². The zero-order chi connectivity index (χ0) is 19.5. The number of likely N-dealkylation sites (N-methyl/N-ethyl adjacent to an activating group) is 1. The summed E-state index contributed by atoms with van der Waals surface area (Å²) in [5.41, 5.74) is 9.29. The maximum Gasteiger partial charge on any atom is 0.145 e. The van der Waals surface area contributed by atoms with Crippen LogP contribution >= 0.6 is 0 Å². The van der Waals surface area contributed by atoms with E-state index in [-0.39, 0.29) is 11.9 Å². The first-order valence-corrected chi connectivity index (χ1v) is 10.2. The number of hydrogen-bond acceptors (Lipinski definition) is 5. The Hall–Kier alpha value is -2.53. The van der Waals surface area contributed by atoms with Gasteiger partial charge >= 0.3 is 0 Å². The van der Waals surface area contributed by atoms with Gasteiger partial charge in [0.25, 0.3) is 0 Å². The van der Waals surface area contributed by atoms with E-state index in [4.69, 9.17) is 10.6 Å². The standard InChI is InChI=1S/C23H29N3O2/c1-26(19-10-7-17(8-11-19)16-5-3-2-4-6-16)15-20-14-22(25-28-20)18-9-12-21(24)23(27)13-18/h2-6,9,12-13,17,19-20,27H,7-8,10-11,14-15,24H2,1H3. The summed E-state index contributed by atoms with van der Waals surface area (Å²) < 4.78 is 0. The van der Waals surface area contributed by atoms with Crippen LogP contribution in [0.4, 0.5) is 5.69 Å². The number of oxime groups is 1. The number of nitrogens with two attached hydrogens (primary N) is 1. The highest BCUT2D eigenvalue weighted by molar-refractivity contribution is 6.01. The van der Waals surface area contributed by atoms with Crippen molar-refractivity contribution < 1.29 is 9.94 Å². The Balaban J connectivity index is 1.27. The van der Waals surface area contributed by atoms with Gasteiger partial charge in [-0.2, -0.15) is 0 Å². The average molecular weight is 380 g/mol. The molecule has 28 heavy (non-hydrogen) atoms. The van der Waals surface area contributed by atoms with E-state index in [2.05, 4.69) is 47.4 Å². The third-order valence-corrected chi connectivity index (χ3v) is 6.18. The second-order valence-corrected chi connectivity index (χ2v) is 8.10. The van der Waals surface area contributed by atoms with Crippen molar-refractivity contribution in [3.8, 4) is 5.75 Å². The summed E-state index contributed by atoms with van der Waals surface area (Å²) in [6.45, 7) is 0.870. The second-order valence-electron chi connectivity index (χ2n) is 8.10. The number of phenolic OH excluding ortho intramolecular Hbond substituents is 1. The molecule has 0 aromatic heterocycles. The molecular formula is C23H29N3O2. The van der Waals surface area contributed by atoms with E-state index >= 15 is 0 Å². The lowest BCUT2D eigenvalue weighted by molar-refractivity contribution is 0.0418. The van der Waals surface area contributed by atoms with E-state index < -0.39 is 0 Å². The summed E-state index contributed by atoms with van der Waals surface area (Å²) in [6.07, 6.45) is 5.76. The highest BCUT2D eigenvalue weighted by atomic mass is 16.6. The Bertz CT molecular complexity index is 829. The molecule has 2 aromatic carbocycles. The van der Waals surface area contributed by atoms with Crippen molar-refractivity contribution in [1.29, 1.82) is 0 Å². The number of nitrogen functional groups attached to an aromatic ring is 1. The first kappa shape index (κ1) is 18.8. The van der Waals surface area contributed by atoms with Crippen LogP contribution in [0.15, 0.2) is 53.7 Å². The minimum absolute atomic E-state index is 0.0616. The molecule has 1 aliphatic heterocycles. The Labute approximate surface area is 166 Å². The van der Waals surface area contributed by atoms with E-state index in [0.29, 0.717) is 17.6 Å². The fourth-order valence-corrected chi connectivity index (χ4v) is 4.47. The Morgan fingerprint density at radius 3 is 2.57 bits per heavy atom. The fraction of sp³-hybridized carbons (Fsp3) is 0.435. The number of phenols is 1. The van der Waals surface area contributed by atoms with Gasteiger partial charge in [0.2, 0.25) is 0 Å². The maximum atomic E-state index is 9.82. The van der Waals surface area contributed by atoms with Gasteiger partial charge in [0.15, 0.2) is 0 Å². The molecule has 0 bridgehead atoms. The molecule has 0 saturated heterocycles. The van der Waals surface area contributed by atoms with Crippen LogP contribution in [0.5, 0.6) is 5.75 Å². The van der Waals surface area contributed by atoms with E-state index in [1.54, 1.807) is 12.1 Å². The fourth-order valence-electron chi connectivity index (χ4n) is 4.47. The van der Waals surface area contributed by atoms with Crippen LogP contribution in [0.25, 0.3) is 0 Å². The van der Waals surface area contributed by atoms with Gasteiger partial charge in [0.05, 0.1) is 11.4 Å². The lowest BCUT2D eigenvalue weighted by Gasteiger charge is -2.35. The summed E-state index contributed by atoms with van der Waals surface area (Å²) >= 11 is 0. The summed E-state index contributed by atoms with van der Waals surface area (Å²) in [5.74, 6) is 0.789. The largest absolute Gasteiger partial charge is 0.506 e. The predicted octanol–water partition coefficient (Wildman–Crippen LogP) is 4.13. The van der Waals surface area contributed by atoms with E-state index in [1.807, 2.05) is 6.07 Å². The number of benzene rings is 2. The molecule has 2 aromatic rings. The molecule has 0 spiro atoms. The molecule has 0 radical (unpaired) electrons. The number of aromatic hydroxyl groups is 1. The van der Waals surface area contributed by atoms with Crippen LogP contribution in [-0.4, -0.2) is 41.5 Å². The van der Waals surface area contributed by atoms with Gasteiger partial charge in [0, 0.05) is 24.6 Å². The van der Waals surface area contributed by atoms with Crippen LogP contribution in [0.1, 0.15) is 49.1 Å². The Morgan fingerprint density at radius 1 is 1.11 bits per heavy atom. The molecule has 0 amide bonds. The quantitative estimate of drug-likeness (QED) is 0.605. The predicted molar refractivity (Wildman–Crippen MR) is 113 cm³/mol. The molecule has 5 nitrogen and oxygen atoms in total. The summed E-state index contributed by atoms with van der Waals surface area (Å²) in [7, 11) is 2.20. The van der Waals surface area contributed by atoms with Crippen LogP contribution in [-0.2, 0) is 4.84 Å². The van der Waals surface area contributed by atoms with E-state index in [1.165, 1.54) is 31.2 Å². The van der Waals surface area contributed by atoms with Gasteiger partial charge in [-0.3, -0.25) is 4.90 Å². The van der Waals surface area contributed by atoms with Gasteiger partial charge in [-0.15, -0.1) is 0 Å². The minimum atomic E-state index is 0.0616. The number of nitrogens with zero attached hydrogens (tertiary/aromatic N) is 2. The van der Waals surface area contributed by atoms with Crippen LogP contribution < -0.4 is 5.73 Å². The molecule has 1 heterocycles. The summed E-state index contributed by atoms with van der Waals surface area (Å²) in [6, 6.07) is 16.7. The van der Waals surface area contributed by atoms with Gasteiger partial charge < -0.3 is 15.7 Å². The molecule has 1 fully saturated rings. The average Bonchev–Trinajstić information content (AvgIpc) is 3.19. The van der Waals surface area contributed by atoms with Gasteiger partial charge in [-0.1, -0.05) is 41.6 Å². The second kappa shape index (κ2) is 8.23. The summed E-state index contributed by atoms with van der Waals surface area (Å²) in [5, 5.41) is 14.1. The van der Waals surface area contributed by atoms with Crippen molar-refractivity contribution in [2.75, 3.05) is 19.3 Å². The number of rotatable bonds is 5. The van der Waals surface area contributed by atoms with Crippen LogP contribution in [0.3, 0.4) is 0 Å². The molecular weight excluding hydrogens is 350 g/mol. The smallest absolute Gasteiger partial charge is 0.145 e. The normalized spacial score (nSPS) is 24.8. The highest BCUT2D eigenvalue weighted by Gasteiger charge is 2.29. The summed E-state index contributed by atoms with van der Waals surface area (Å²) in [4.78, 5) is 8.11. The topological polar surface area (TPSA) is 71.1 Å². The van der Waals surface area contributed by atoms with Crippen molar-refractivity contribution in [2.24, 2.45) is 5.16 Å². The van der Waals surface area contributed by atoms with Crippen LogP contribution in [0.2, 0.25) is 0 Å². The first-order chi connectivity index (χ1) is 13.6. The maximum absolute atomic E-state index is 9.82. The minimum Gasteiger partial charge on any atom is -0.506 e. The zero-order valence-electron chi connectivity index (χ0n) is 16.4. The lowest BCUT2D eigenvalue weighted by Crippen LogP contribution is -2.39. The third-order valence-electron chi connectivity index (χ3n) is 6.18.